The summed E-state index contributed by atoms with van der Waals surface area (Å²) in [5.74, 6) is 0. The van der Waals surface area contributed by atoms with Gasteiger partial charge in [-0.2, -0.15) is 0 Å². The third-order valence-corrected chi connectivity index (χ3v) is 4.58. The van der Waals surface area contributed by atoms with Gasteiger partial charge in [-0.15, -0.1) is 0 Å². The lowest BCUT2D eigenvalue weighted by Crippen LogP contribution is -1.90. The zero-order valence-electron chi connectivity index (χ0n) is 12.8. The lowest BCUT2D eigenvalue weighted by Gasteiger charge is -2.06. The van der Waals surface area contributed by atoms with E-state index in [-0.39, 0.29) is 0 Å². The van der Waals surface area contributed by atoms with E-state index in [4.69, 9.17) is 11.6 Å². The molecule has 0 amide bonds. The number of halogens is 1. The van der Waals surface area contributed by atoms with Gasteiger partial charge in [-0.05, 0) is 43.9 Å². The minimum Gasteiger partial charge on any atom is -0.358 e. The molecule has 1 aliphatic heterocycles. The van der Waals surface area contributed by atoms with Gasteiger partial charge in [0.2, 0.25) is 0 Å². The molecule has 108 valence electrons. The Balaban J connectivity index is 2.21. The van der Waals surface area contributed by atoms with Gasteiger partial charge in [-0.3, -0.25) is 0 Å². The standard InChI is InChI=1S/C18H19ClN2/c1-5-13-10(2)16(20-12(13)4)11(3)17-14-8-6-7-9-15(14)18(19)21-17/h6-9,20H,5H2,1-4H3/b17-11+. The molecule has 0 saturated carbocycles. The maximum atomic E-state index is 6.28. The molecule has 2 aromatic rings. The Labute approximate surface area is 130 Å². The molecule has 1 N–H and O–H groups in total. The number of allylic oxidation sites excluding steroid dienone is 1. The Hall–Kier alpha value is -1.80. The van der Waals surface area contributed by atoms with Crippen LogP contribution in [0.2, 0.25) is 0 Å². The summed E-state index contributed by atoms with van der Waals surface area (Å²) in [5, 5.41) is 0.580. The van der Waals surface area contributed by atoms with Crippen LogP contribution in [-0.2, 0) is 6.42 Å². The summed E-state index contributed by atoms with van der Waals surface area (Å²) in [5.41, 5.74) is 9.38. The zero-order chi connectivity index (χ0) is 15.1. The molecule has 2 nitrogen and oxygen atoms in total. The van der Waals surface area contributed by atoms with Crippen LogP contribution >= 0.6 is 11.6 Å². The van der Waals surface area contributed by atoms with Crippen LogP contribution in [0.5, 0.6) is 0 Å². The van der Waals surface area contributed by atoms with Crippen molar-refractivity contribution in [3.8, 4) is 0 Å². The average molecular weight is 299 g/mol. The second kappa shape index (κ2) is 5.19. The Morgan fingerprint density at radius 2 is 1.86 bits per heavy atom. The van der Waals surface area contributed by atoms with Gasteiger partial charge >= 0.3 is 0 Å². The number of fused-ring (bicyclic) bond motifs is 1. The smallest absolute Gasteiger partial charge is 0.137 e. The molecule has 2 heterocycles. The van der Waals surface area contributed by atoms with Crippen molar-refractivity contribution in [3.05, 3.63) is 57.9 Å². The molecule has 0 atom stereocenters. The highest BCUT2D eigenvalue weighted by Crippen LogP contribution is 2.37. The van der Waals surface area contributed by atoms with Crippen LogP contribution in [0.15, 0.2) is 29.3 Å². The highest BCUT2D eigenvalue weighted by Gasteiger charge is 2.22. The largest absolute Gasteiger partial charge is 0.358 e. The number of hydrogen-bond acceptors (Lipinski definition) is 1. The van der Waals surface area contributed by atoms with Crippen molar-refractivity contribution in [2.24, 2.45) is 4.99 Å². The zero-order valence-corrected chi connectivity index (χ0v) is 13.6. The number of H-pyrrole nitrogens is 1. The maximum Gasteiger partial charge on any atom is 0.137 e. The van der Waals surface area contributed by atoms with Gasteiger partial charge in [0.05, 0.1) is 5.70 Å². The first-order chi connectivity index (χ1) is 10.0. The van der Waals surface area contributed by atoms with Crippen LogP contribution in [0.3, 0.4) is 0 Å². The van der Waals surface area contributed by atoms with E-state index >= 15 is 0 Å². The molecule has 3 rings (SSSR count). The number of nitrogens with one attached hydrogen (secondary N) is 1. The summed E-state index contributed by atoms with van der Waals surface area (Å²) in [6.45, 7) is 8.61. The van der Waals surface area contributed by atoms with E-state index in [1.54, 1.807) is 0 Å². The highest BCUT2D eigenvalue weighted by atomic mass is 35.5. The molecule has 1 aromatic heterocycles. The van der Waals surface area contributed by atoms with Gasteiger partial charge in [-0.1, -0.05) is 42.8 Å². The molecule has 21 heavy (non-hydrogen) atoms. The summed E-state index contributed by atoms with van der Waals surface area (Å²) in [6.07, 6.45) is 1.04. The van der Waals surface area contributed by atoms with Crippen molar-refractivity contribution >= 4 is 28.0 Å². The number of nitrogens with zero attached hydrogens (tertiary/aromatic N) is 1. The van der Waals surface area contributed by atoms with Crippen LogP contribution < -0.4 is 0 Å². The van der Waals surface area contributed by atoms with E-state index in [0.29, 0.717) is 5.17 Å². The highest BCUT2D eigenvalue weighted by molar-refractivity contribution is 6.71. The maximum absolute atomic E-state index is 6.28. The Bertz CT molecular complexity index is 779. The van der Waals surface area contributed by atoms with Gasteiger partial charge in [-0.25, -0.2) is 4.99 Å². The number of rotatable bonds is 2. The Morgan fingerprint density at radius 3 is 2.48 bits per heavy atom. The van der Waals surface area contributed by atoms with Gasteiger partial charge in [0.25, 0.3) is 0 Å². The van der Waals surface area contributed by atoms with Gasteiger partial charge in [0.1, 0.15) is 5.17 Å². The molecule has 0 fully saturated rings. The van der Waals surface area contributed by atoms with Crippen molar-refractivity contribution in [2.75, 3.05) is 0 Å². The average Bonchev–Trinajstić information content (AvgIpc) is 2.96. The number of aryl methyl sites for hydroxylation is 1. The van der Waals surface area contributed by atoms with Crippen LogP contribution in [0.25, 0.3) is 11.3 Å². The fourth-order valence-corrected chi connectivity index (χ4v) is 3.44. The number of aliphatic imine (C=N–C) groups is 1. The fraction of sp³-hybridized carbons (Fsp3) is 0.278. The molecule has 0 aliphatic carbocycles. The lowest BCUT2D eigenvalue weighted by molar-refractivity contribution is 1.08. The lowest BCUT2D eigenvalue weighted by atomic mass is 10.00. The van der Waals surface area contributed by atoms with Crippen LogP contribution in [0, 0.1) is 13.8 Å². The molecule has 3 heteroatoms. The minimum atomic E-state index is 0.580. The molecule has 0 radical (unpaired) electrons. The predicted molar refractivity (Wildman–Crippen MR) is 91.0 cm³/mol. The fourth-order valence-electron chi connectivity index (χ4n) is 3.19. The molecule has 0 spiro atoms. The molecule has 1 aliphatic rings. The van der Waals surface area contributed by atoms with E-state index in [9.17, 15) is 0 Å². The minimum absolute atomic E-state index is 0.580. The molecular weight excluding hydrogens is 280 g/mol. The number of aromatic nitrogens is 1. The SMILES string of the molecule is CCc1c(C)[nH]c(/C(C)=C2/N=C(Cl)c3ccccc32)c1C. The first kappa shape index (κ1) is 14.2. The third kappa shape index (κ3) is 2.14. The van der Waals surface area contributed by atoms with Crippen molar-refractivity contribution in [2.45, 2.75) is 34.1 Å². The Morgan fingerprint density at radius 1 is 1.19 bits per heavy atom. The Kier molecular flexibility index (Phi) is 3.50. The normalized spacial score (nSPS) is 16.0. The van der Waals surface area contributed by atoms with Crippen LogP contribution in [0.1, 0.15) is 47.5 Å². The predicted octanol–water partition coefficient (Wildman–Crippen LogP) is 5.08. The van der Waals surface area contributed by atoms with Gasteiger partial charge in [0.15, 0.2) is 0 Å². The van der Waals surface area contributed by atoms with E-state index in [1.165, 1.54) is 22.5 Å². The third-order valence-electron chi connectivity index (χ3n) is 4.29. The number of benzene rings is 1. The summed E-state index contributed by atoms with van der Waals surface area (Å²) >= 11 is 6.28. The molecule has 1 aromatic carbocycles. The summed E-state index contributed by atoms with van der Waals surface area (Å²) in [4.78, 5) is 8.10. The molecular formula is C18H19ClN2. The number of aromatic amines is 1. The van der Waals surface area contributed by atoms with Gasteiger partial charge < -0.3 is 4.98 Å². The van der Waals surface area contributed by atoms with E-state index in [2.05, 4.69) is 43.7 Å². The van der Waals surface area contributed by atoms with Crippen molar-refractivity contribution in [1.82, 2.24) is 4.98 Å². The van der Waals surface area contributed by atoms with E-state index < -0.39 is 0 Å². The quantitative estimate of drug-likeness (QED) is 0.801. The molecule has 0 unspecified atom stereocenters. The van der Waals surface area contributed by atoms with E-state index in [1.807, 2.05) is 18.2 Å². The summed E-state index contributed by atoms with van der Waals surface area (Å²) in [7, 11) is 0. The van der Waals surface area contributed by atoms with Crippen molar-refractivity contribution in [1.29, 1.82) is 0 Å². The van der Waals surface area contributed by atoms with Crippen LogP contribution in [-0.4, -0.2) is 10.2 Å². The van der Waals surface area contributed by atoms with Crippen molar-refractivity contribution in [3.63, 3.8) is 0 Å². The monoisotopic (exact) mass is 298 g/mol. The van der Waals surface area contributed by atoms with Gasteiger partial charge in [0, 0.05) is 22.5 Å². The van der Waals surface area contributed by atoms with Crippen molar-refractivity contribution < 1.29 is 0 Å². The summed E-state index contributed by atoms with van der Waals surface area (Å²) < 4.78 is 0. The molecule has 0 saturated heterocycles. The number of hydrogen-bond donors (Lipinski definition) is 1. The second-order valence-corrected chi connectivity index (χ2v) is 5.86. The van der Waals surface area contributed by atoms with E-state index in [0.717, 1.165) is 28.8 Å². The second-order valence-electron chi connectivity index (χ2n) is 5.50. The molecule has 0 bridgehead atoms. The first-order valence-corrected chi connectivity index (χ1v) is 7.65. The van der Waals surface area contributed by atoms with Crippen LogP contribution in [0.4, 0.5) is 0 Å². The summed E-state index contributed by atoms with van der Waals surface area (Å²) in [6, 6.07) is 8.13. The topological polar surface area (TPSA) is 28.1 Å². The first-order valence-electron chi connectivity index (χ1n) is 7.27.